The molecule has 0 amide bonds. The molecule has 7 heteroatoms. The van der Waals surface area contributed by atoms with Gasteiger partial charge in [-0.25, -0.2) is 4.79 Å². The Labute approximate surface area is 112 Å². The molecule has 0 unspecified atom stereocenters. The van der Waals surface area contributed by atoms with E-state index in [1.54, 1.807) is 0 Å². The van der Waals surface area contributed by atoms with E-state index in [0.29, 0.717) is 0 Å². The molecule has 0 saturated heterocycles. The van der Waals surface area contributed by atoms with Crippen LogP contribution in [0.4, 0.5) is 0 Å². The Hall–Kier alpha value is -2.96. The zero-order valence-corrected chi connectivity index (χ0v) is 10.1. The highest BCUT2D eigenvalue weighted by molar-refractivity contribution is 5.90. The number of rotatable bonds is 3. The van der Waals surface area contributed by atoms with Gasteiger partial charge in [0, 0.05) is 6.07 Å². The topological polar surface area (TPSA) is 117 Å². The van der Waals surface area contributed by atoms with E-state index in [9.17, 15) is 14.7 Å². The third-order valence-corrected chi connectivity index (χ3v) is 2.42. The second-order valence-corrected chi connectivity index (χ2v) is 3.88. The van der Waals surface area contributed by atoms with Gasteiger partial charge in [-0.2, -0.15) is 0 Å². The highest BCUT2D eigenvalue weighted by atomic mass is 16.5. The van der Waals surface area contributed by atoms with Crippen LogP contribution in [-0.4, -0.2) is 21.3 Å². The Bertz CT molecular complexity index is 702. The van der Waals surface area contributed by atoms with Crippen LogP contribution in [0.5, 0.6) is 17.2 Å². The summed E-state index contributed by atoms with van der Waals surface area (Å²) in [6.07, 6.45) is 0.845. The molecule has 0 saturated carbocycles. The highest BCUT2D eigenvalue weighted by Gasteiger charge is 2.11. The minimum absolute atomic E-state index is 0.0291. The number of ether oxygens (including phenoxy) is 1. The third-order valence-electron chi connectivity index (χ3n) is 2.42. The zero-order chi connectivity index (χ0) is 14.7. The van der Waals surface area contributed by atoms with Gasteiger partial charge in [-0.05, 0) is 18.2 Å². The molecule has 1 aromatic heterocycles. The molecule has 1 heterocycles. The average molecular weight is 278 g/mol. The fourth-order valence-electron chi connectivity index (χ4n) is 1.39. The summed E-state index contributed by atoms with van der Waals surface area (Å²) >= 11 is 0. The van der Waals surface area contributed by atoms with Crippen LogP contribution < -0.4 is 5.43 Å². The molecule has 20 heavy (non-hydrogen) atoms. The zero-order valence-electron chi connectivity index (χ0n) is 10.1. The maximum atomic E-state index is 11.6. The summed E-state index contributed by atoms with van der Waals surface area (Å²) < 4.78 is 9.71. The van der Waals surface area contributed by atoms with Crippen molar-refractivity contribution in [2.75, 3.05) is 0 Å². The molecular weight excluding hydrogens is 268 g/mol. The van der Waals surface area contributed by atoms with Crippen molar-refractivity contribution in [1.82, 2.24) is 0 Å². The summed E-state index contributed by atoms with van der Waals surface area (Å²) in [5.41, 5.74) is -0.619. The first-order chi connectivity index (χ1) is 9.47. The molecule has 0 fully saturated rings. The Balaban J connectivity index is 2.06. The van der Waals surface area contributed by atoms with Gasteiger partial charge in [0.25, 0.3) is 0 Å². The van der Waals surface area contributed by atoms with Gasteiger partial charge >= 0.3 is 5.97 Å². The maximum Gasteiger partial charge on any atom is 0.338 e. The first-order valence-electron chi connectivity index (χ1n) is 5.47. The lowest BCUT2D eigenvalue weighted by Crippen LogP contribution is -2.07. The van der Waals surface area contributed by atoms with Crippen LogP contribution in [-0.2, 0) is 11.3 Å². The van der Waals surface area contributed by atoms with E-state index in [1.165, 1.54) is 6.07 Å². The van der Waals surface area contributed by atoms with Crippen molar-refractivity contribution in [1.29, 1.82) is 0 Å². The van der Waals surface area contributed by atoms with Crippen LogP contribution >= 0.6 is 0 Å². The number of benzene rings is 1. The maximum absolute atomic E-state index is 11.6. The summed E-state index contributed by atoms with van der Waals surface area (Å²) in [6.45, 7) is -0.310. The molecule has 0 radical (unpaired) electrons. The Morgan fingerprint density at radius 1 is 1.10 bits per heavy atom. The predicted molar refractivity (Wildman–Crippen MR) is 65.5 cm³/mol. The molecule has 3 N–H and O–H groups in total. The number of phenols is 2. The molecular formula is C13H10O7. The Morgan fingerprint density at radius 3 is 2.50 bits per heavy atom. The highest BCUT2D eigenvalue weighted by Crippen LogP contribution is 2.25. The molecule has 0 aliphatic carbocycles. The molecule has 0 atom stereocenters. The number of carbonyl (C=O) groups excluding carboxylic acids is 1. The number of carbonyl (C=O) groups is 1. The Kier molecular flexibility index (Phi) is 3.60. The van der Waals surface area contributed by atoms with Crippen LogP contribution in [0.15, 0.2) is 39.7 Å². The van der Waals surface area contributed by atoms with Gasteiger partial charge in [0.2, 0.25) is 5.43 Å². The number of phenolic OH excluding ortho intramolecular Hbond substituents is 2. The summed E-state index contributed by atoms with van der Waals surface area (Å²) in [7, 11) is 0. The second-order valence-electron chi connectivity index (χ2n) is 3.88. The van der Waals surface area contributed by atoms with Crippen LogP contribution in [0.2, 0.25) is 0 Å². The van der Waals surface area contributed by atoms with Crippen molar-refractivity contribution in [3.63, 3.8) is 0 Å². The lowest BCUT2D eigenvalue weighted by atomic mass is 10.2. The SMILES string of the molecule is O=C(OCc1cc(=O)c(O)co1)c1ccc(O)c(O)c1. The van der Waals surface area contributed by atoms with Crippen molar-refractivity contribution in [3.8, 4) is 17.2 Å². The summed E-state index contributed by atoms with van der Waals surface area (Å²) in [6, 6.07) is 4.46. The van der Waals surface area contributed by atoms with E-state index in [0.717, 1.165) is 24.5 Å². The number of hydrogen-bond acceptors (Lipinski definition) is 7. The van der Waals surface area contributed by atoms with Crippen LogP contribution in [0, 0.1) is 0 Å². The van der Waals surface area contributed by atoms with E-state index in [1.807, 2.05) is 0 Å². The van der Waals surface area contributed by atoms with Gasteiger partial charge in [0.05, 0.1) is 5.56 Å². The molecule has 0 aliphatic rings. The van der Waals surface area contributed by atoms with Gasteiger partial charge in [-0.1, -0.05) is 0 Å². The number of aromatic hydroxyl groups is 3. The van der Waals surface area contributed by atoms with E-state index in [2.05, 4.69) is 0 Å². The van der Waals surface area contributed by atoms with E-state index >= 15 is 0 Å². The number of hydrogen-bond donors (Lipinski definition) is 3. The van der Waals surface area contributed by atoms with Gasteiger partial charge < -0.3 is 24.5 Å². The van der Waals surface area contributed by atoms with Gasteiger partial charge in [0.1, 0.15) is 18.6 Å². The van der Waals surface area contributed by atoms with Crippen LogP contribution in [0.25, 0.3) is 0 Å². The summed E-state index contributed by atoms with van der Waals surface area (Å²) in [5.74, 6) is -2.05. The van der Waals surface area contributed by atoms with Crippen LogP contribution in [0.3, 0.4) is 0 Å². The molecule has 0 bridgehead atoms. The first-order valence-corrected chi connectivity index (χ1v) is 5.47. The van der Waals surface area contributed by atoms with Gasteiger partial charge in [0.15, 0.2) is 17.2 Å². The van der Waals surface area contributed by atoms with Crippen LogP contribution in [0.1, 0.15) is 16.1 Å². The average Bonchev–Trinajstić information content (AvgIpc) is 2.43. The quantitative estimate of drug-likeness (QED) is 0.568. The molecule has 2 rings (SSSR count). The summed E-state index contributed by atoms with van der Waals surface area (Å²) in [5, 5.41) is 27.4. The molecule has 2 aromatic rings. The molecule has 0 spiro atoms. The fraction of sp³-hybridized carbons (Fsp3) is 0.0769. The van der Waals surface area contributed by atoms with Gasteiger partial charge in [-0.15, -0.1) is 0 Å². The lowest BCUT2D eigenvalue weighted by molar-refractivity contribution is 0.0442. The van der Waals surface area contributed by atoms with Crippen molar-refractivity contribution in [2.24, 2.45) is 0 Å². The van der Waals surface area contributed by atoms with Crippen molar-refractivity contribution in [2.45, 2.75) is 6.61 Å². The normalized spacial score (nSPS) is 10.2. The first kappa shape index (κ1) is 13.5. The minimum atomic E-state index is -0.768. The minimum Gasteiger partial charge on any atom is -0.504 e. The molecule has 104 valence electrons. The van der Waals surface area contributed by atoms with Gasteiger partial charge in [-0.3, -0.25) is 4.79 Å². The van der Waals surface area contributed by atoms with E-state index in [4.69, 9.17) is 19.4 Å². The van der Waals surface area contributed by atoms with Crippen molar-refractivity contribution in [3.05, 3.63) is 52.1 Å². The fourth-order valence-corrected chi connectivity index (χ4v) is 1.39. The second kappa shape index (κ2) is 5.35. The van der Waals surface area contributed by atoms with E-state index in [-0.39, 0.29) is 23.7 Å². The Morgan fingerprint density at radius 2 is 1.85 bits per heavy atom. The molecule has 7 nitrogen and oxygen atoms in total. The van der Waals surface area contributed by atoms with Crippen molar-refractivity contribution >= 4 is 5.97 Å². The monoisotopic (exact) mass is 278 g/mol. The molecule has 0 aliphatic heterocycles. The predicted octanol–water partition coefficient (Wildman–Crippen LogP) is 1.11. The largest absolute Gasteiger partial charge is 0.504 e. The third kappa shape index (κ3) is 2.89. The van der Waals surface area contributed by atoms with E-state index < -0.39 is 22.9 Å². The lowest BCUT2D eigenvalue weighted by Gasteiger charge is -2.05. The summed E-state index contributed by atoms with van der Waals surface area (Å²) in [4.78, 5) is 22.8. The number of esters is 1. The molecule has 1 aromatic carbocycles. The van der Waals surface area contributed by atoms with Crippen molar-refractivity contribution < 1.29 is 29.3 Å². The standard InChI is InChI=1S/C13H10O7/c14-9-2-1-7(3-10(9)15)13(18)20-5-8-4-11(16)12(17)6-19-8/h1-4,6,14-15,17H,5H2. The smallest absolute Gasteiger partial charge is 0.338 e.